The average Bonchev–Trinajstić information content (AvgIpc) is 2.92. The first-order valence-corrected chi connectivity index (χ1v) is 8.11. The maximum atomic E-state index is 12.2. The number of aliphatic hydroxyl groups excluding tert-OH is 1. The number of hydrogen-bond acceptors (Lipinski definition) is 5. The summed E-state index contributed by atoms with van der Waals surface area (Å²) in [5.41, 5.74) is 0.177. The topological polar surface area (TPSA) is 108 Å². The van der Waals surface area contributed by atoms with Gasteiger partial charge in [0.2, 0.25) is 10.0 Å². The van der Waals surface area contributed by atoms with Crippen LogP contribution in [0.1, 0.15) is 11.4 Å². The Morgan fingerprint density at radius 1 is 1.33 bits per heavy atom. The van der Waals surface area contributed by atoms with Gasteiger partial charge in [-0.15, -0.1) is 0 Å². The molecular weight excluding hydrogens is 339 g/mol. The molecule has 7 nitrogen and oxygen atoms in total. The van der Waals surface area contributed by atoms with E-state index in [1.54, 1.807) is 0 Å². The number of nitrogens with zero attached hydrogens (tertiary/aromatic N) is 2. The molecule has 10 heteroatoms. The van der Waals surface area contributed by atoms with Crippen LogP contribution < -0.4 is 4.72 Å². The average molecular weight is 351 g/mol. The van der Waals surface area contributed by atoms with Crippen LogP contribution in [0.4, 0.5) is 0 Å². The van der Waals surface area contributed by atoms with Gasteiger partial charge in [-0.2, -0.15) is 5.10 Å². The molecule has 21 heavy (non-hydrogen) atoms. The second-order valence-electron chi connectivity index (χ2n) is 4.08. The standard InChI is InChI=1S/C11H12Cl2N4O3S/c12-8-1-2-9(11(13)7(8)5-18)21(19,20)16-4-3-10-14-6-15-17-10/h1-2,6,16,18H,3-5H2,(H,14,15,17). The Morgan fingerprint density at radius 2 is 2.10 bits per heavy atom. The van der Waals surface area contributed by atoms with Crippen molar-refractivity contribution >= 4 is 33.2 Å². The third-order valence-corrected chi connectivity index (χ3v) is 5.12. The largest absolute Gasteiger partial charge is 0.392 e. The molecule has 0 radical (unpaired) electrons. The molecule has 0 saturated heterocycles. The summed E-state index contributed by atoms with van der Waals surface area (Å²) in [6, 6.07) is 2.67. The molecule has 0 saturated carbocycles. The third kappa shape index (κ3) is 3.72. The van der Waals surface area contributed by atoms with E-state index in [1.165, 1.54) is 18.5 Å². The van der Waals surface area contributed by atoms with Crippen molar-refractivity contribution < 1.29 is 13.5 Å². The lowest BCUT2D eigenvalue weighted by molar-refractivity contribution is 0.281. The normalized spacial score (nSPS) is 11.8. The SMILES string of the molecule is O=S(=O)(NCCc1ncn[nH]1)c1ccc(Cl)c(CO)c1Cl. The summed E-state index contributed by atoms with van der Waals surface area (Å²) in [5, 5.41) is 15.6. The zero-order valence-electron chi connectivity index (χ0n) is 10.7. The van der Waals surface area contributed by atoms with E-state index in [9.17, 15) is 13.5 Å². The number of sulfonamides is 1. The fourth-order valence-corrected chi connectivity index (χ4v) is 3.59. The summed E-state index contributed by atoms with van der Waals surface area (Å²) in [5.74, 6) is 0.566. The second kappa shape index (κ2) is 6.71. The zero-order chi connectivity index (χ0) is 15.5. The fraction of sp³-hybridized carbons (Fsp3) is 0.273. The molecule has 0 aliphatic rings. The van der Waals surface area contributed by atoms with Gasteiger partial charge in [0.25, 0.3) is 0 Å². The molecule has 0 unspecified atom stereocenters. The van der Waals surface area contributed by atoms with Crippen LogP contribution >= 0.6 is 23.2 Å². The smallest absolute Gasteiger partial charge is 0.242 e. The maximum Gasteiger partial charge on any atom is 0.242 e. The van der Waals surface area contributed by atoms with Gasteiger partial charge < -0.3 is 5.11 Å². The first-order chi connectivity index (χ1) is 9.95. The fourth-order valence-electron chi connectivity index (χ4n) is 1.66. The number of aliphatic hydroxyl groups is 1. The molecule has 0 spiro atoms. The van der Waals surface area contributed by atoms with Crippen molar-refractivity contribution in [2.75, 3.05) is 6.54 Å². The van der Waals surface area contributed by atoms with Gasteiger partial charge in [0.05, 0.1) is 11.6 Å². The Balaban J connectivity index is 2.16. The van der Waals surface area contributed by atoms with Gasteiger partial charge in [-0.05, 0) is 12.1 Å². The van der Waals surface area contributed by atoms with Gasteiger partial charge in [0.15, 0.2) is 0 Å². The lowest BCUT2D eigenvalue weighted by Crippen LogP contribution is -2.26. The molecule has 114 valence electrons. The summed E-state index contributed by atoms with van der Waals surface area (Å²) >= 11 is 11.8. The molecule has 2 aromatic rings. The van der Waals surface area contributed by atoms with Crippen LogP contribution in [0.2, 0.25) is 10.0 Å². The molecule has 0 atom stereocenters. The van der Waals surface area contributed by atoms with E-state index in [1.807, 2.05) is 0 Å². The van der Waals surface area contributed by atoms with E-state index < -0.39 is 16.6 Å². The number of aromatic nitrogens is 3. The third-order valence-electron chi connectivity index (χ3n) is 2.72. The van der Waals surface area contributed by atoms with Crippen molar-refractivity contribution in [3.63, 3.8) is 0 Å². The highest BCUT2D eigenvalue weighted by atomic mass is 35.5. The van der Waals surface area contributed by atoms with Crippen molar-refractivity contribution in [2.24, 2.45) is 0 Å². The van der Waals surface area contributed by atoms with Crippen molar-refractivity contribution in [2.45, 2.75) is 17.9 Å². The molecular formula is C11H12Cl2N4O3S. The lowest BCUT2D eigenvalue weighted by atomic mass is 10.2. The van der Waals surface area contributed by atoms with E-state index in [0.29, 0.717) is 12.2 Å². The summed E-state index contributed by atoms with van der Waals surface area (Å²) in [6.45, 7) is -0.315. The highest BCUT2D eigenvalue weighted by Gasteiger charge is 2.21. The van der Waals surface area contributed by atoms with Gasteiger partial charge in [-0.25, -0.2) is 18.1 Å². The quantitative estimate of drug-likeness (QED) is 0.723. The number of nitrogens with one attached hydrogen (secondary N) is 2. The number of hydrogen-bond donors (Lipinski definition) is 3. The monoisotopic (exact) mass is 350 g/mol. The Morgan fingerprint density at radius 3 is 2.71 bits per heavy atom. The predicted octanol–water partition coefficient (Wildman–Crippen LogP) is 1.12. The highest BCUT2D eigenvalue weighted by molar-refractivity contribution is 7.89. The van der Waals surface area contributed by atoms with Crippen molar-refractivity contribution in [3.05, 3.63) is 39.9 Å². The van der Waals surface area contributed by atoms with Crippen molar-refractivity contribution in [1.29, 1.82) is 0 Å². The first-order valence-electron chi connectivity index (χ1n) is 5.87. The number of H-pyrrole nitrogens is 1. The molecule has 1 aromatic heterocycles. The molecule has 1 aromatic carbocycles. The van der Waals surface area contributed by atoms with Crippen LogP contribution in [0, 0.1) is 0 Å². The number of benzene rings is 1. The molecule has 0 bridgehead atoms. The second-order valence-corrected chi connectivity index (χ2v) is 6.60. The molecule has 0 aliphatic carbocycles. The van der Waals surface area contributed by atoms with Gasteiger partial charge in [-0.1, -0.05) is 23.2 Å². The number of aromatic amines is 1. The minimum absolute atomic E-state index is 0.0860. The molecule has 0 fully saturated rings. The minimum Gasteiger partial charge on any atom is -0.392 e. The van der Waals surface area contributed by atoms with Crippen molar-refractivity contribution in [1.82, 2.24) is 19.9 Å². The highest BCUT2D eigenvalue weighted by Crippen LogP contribution is 2.30. The minimum atomic E-state index is -3.81. The number of halogens is 2. The predicted molar refractivity (Wildman–Crippen MR) is 77.7 cm³/mol. The van der Waals surface area contributed by atoms with Crippen LogP contribution in [0.5, 0.6) is 0 Å². The molecule has 1 heterocycles. The first kappa shape index (κ1) is 16.2. The van der Waals surface area contributed by atoms with E-state index in [0.717, 1.165) is 0 Å². The van der Waals surface area contributed by atoms with Gasteiger partial charge in [0, 0.05) is 23.6 Å². The van der Waals surface area contributed by atoms with Crippen LogP contribution in [0.3, 0.4) is 0 Å². The lowest BCUT2D eigenvalue weighted by Gasteiger charge is -2.11. The summed E-state index contributed by atoms with van der Waals surface area (Å²) in [4.78, 5) is 3.76. The molecule has 0 amide bonds. The summed E-state index contributed by atoms with van der Waals surface area (Å²) < 4.78 is 26.8. The zero-order valence-corrected chi connectivity index (χ0v) is 13.0. The Hall–Kier alpha value is -1.19. The van der Waals surface area contributed by atoms with Crippen LogP contribution in [-0.4, -0.2) is 35.3 Å². The van der Waals surface area contributed by atoms with Gasteiger partial charge in [0.1, 0.15) is 17.0 Å². The van der Waals surface area contributed by atoms with E-state index in [2.05, 4.69) is 19.9 Å². The van der Waals surface area contributed by atoms with Crippen LogP contribution in [-0.2, 0) is 23.1 Å². The maximum absolute atomic E-state index is 12.2. The summed E-state index contributed by atoms with van der Waals surface area (Å²) in [6.07, 6.45) is 1.70. The molecule has 3 N–H and O–H groups in total. The van der Waals surface area contributed by atoms with Crippen LogP contribution in [0.15, 0.2) is 23.4 Å². The van der Waals surface area contributed by atoms with Crippen molar-refractivity contribution in [3.8, 4) is 0 Å². The molecule has 2 rings (SSSR count). The summed E-state index contributed by atoms with van der Waals surface area (Å²) in [7, 11) is -3.81. The van der Waals surface area contributed by atoms with Gasteiger partial charge in [-0.3, -0.25) is 5.10 Å². The van der Waals surface area contributed by atoms with E-state index in [-0.39, 0.29) is 27.0 Å². The van der Waals surface area contributed by atoms with Gasteiger partial charge >= 0.3 is 0 Å². The van der Waals surface area contributed by atoms with Crippen LogP contribution in [0.25, 0.3) is 0 Å². The Kier molecular flexibility index (Phi) is 5.17. The molecule has 0 aliphatic heterocycles. The Bertz CT molecular complexity index is 719. The van der Waals surface area contributed by atoms with E-state index >= 15 is 0 Å². The Labute approximate surface area is 131 Å². The van der Waals surface area contributed by atoms with E-state index in [4.69, 9.17) is 23.2 Å². The number of rotatable bonds is 6.